The van der Waals surface area contributed by atoms with Gasteiger partial charge in [0.2, 0.25) is 5.78 Å². The number of aromatic nitrogens is 3. The van der Waals surface area contributed by atoms with E-state index in [0.29, 0.717) is 47.3 Å². The molecule has 230 valence electrons. The molecule has 0 aliphatic heterocycles. The number of benzene rings is 1. The maximum absolute atomic E-state index is 14.3. The Kier molecular flexibility index (Phi) is 8.37. The van der Waals surface area contributed by atoms with Crippen LogP contribution in [0, 0.1) is 11.2 Å². The Labute approximate surface area is 252 Å². The van der Waals surface area contributed by atoms with Gasteiger partial charge in [0.15, 0.2) is 5.01 Å². The fraction of sp³-hybridized carbons (Fsp3) is 0.393. The highest BCUT2D eigenvalue weighted by molar-refractivity contribution is 7.86. The van der Waals surface area contributed by atoms with Crippen molar-refractivity contribution in [3.05, 3.63) is 80.4 Å². The Balaban J connectivity index is 1.59. The molecule has 1 aromatic carbocycles. The van der Waals surface area contributed by atoms with Gasteiger partial charge in [-0.05, 0) is 75.4 Å². The largest absolute Gasteiger partial charge is 0.427 e. The maximum atomic E-state index is 14.3. The van der Waals surface area contributed by atoms with E-state index in [1.807, 2.05) is 19.9 Å². The SMILES string of the molecule is CC(C)N(C1CCC2=Cc3c(cnn3-c3ccc(F)cc3)CC2(C(=O)c2ncc(C(F)(F)F)s2)C1)S(=O)/C(N)=C/N(C)N. The maximum Gasteiger partial charge on any atom is 0.427 e. The average molecular weight is 638 g/mol. The first-order valence-corrected chi connectivity index (χ1v) is 15.4. The Morgan fingerprint density at radius 3 is 2.56 bits per heavy atom. The summed E-state index contributed by atoms with van der Waals surface area (Å²) in [6.45, 7) is 3.72. The Morgan fingerprint density at radius 2 is 1.95 bits per heavy atom. The number of nitrogens with two attached hydrogens (primary N) is 2. The van der Waals surface area contributed by atoms with E-state index in [-0.39, 0.29) is 28.9 Å². The smallest absolute Gasteiger partial charge is 0.389 e. The molecule has 2 aliphatic carbocycles. The first-order chi connectivity index (χ1) is 20.2. The van der Waals surface area contributed by atoms with E-state index in [0.717, 1.165) is 5.57 Å². The first-order valence-electron chi connectivity index (χ1n) is 13.5. The molecule has 0 saturated heterocycles. The summed E-state index contributed by atoms with van der Waals surface area (Å²) in [5.41, 5.74) is 7.63. The molecular formula is C28H31F4N7O2S2. The number of allylic oxidation sites excluding steroid dienone is 1. The predicted molar refractivity (Wildman–Crippen MR) is 156 cm³/mol. The summed E-state index contributed by atoms with van der Waals surface area (Å²) in [5.74, 6) is 4.77. The summed E-state index contributed by atoms with van der Waals surface area (Å²) < 4.78 is 71.0. The molecule has 0 bridgehead atoms. The highest BCUT2D eigenvalue weighted by atomic mass is 32.2. The number of Topliss-reactive ketones (excluding diaryl/α,β-unsaturated/α-hetero) is 1. The van der Waals surface area contributed by atoms with Gasteiger partial charge < -0.3 is 10.7 Å². The van der Waals surface area contributed by atoms with Crippen molar-refractivity contribution >= 4 is 34.2 Å². The summed E-state index contributed by atoms with van der Waals surface area (Å²) in [4.78, 5) is 17.3. The van der Waals surface area contributed by atoms with Crippen LogP contribution in [0.4, 0.5) is 17.6 Å². The fourth-order valence-electron chi connectivity index (χ4n) is 5.92. The van der Waals surface area contributed by atoms with Gasteiger partial charge in [-0.15, -0.1) is 11.3 Å². The van der Waals surface area contributed by atoms with Crippen LogP contribution < -0.4 is 11.6 Å². The molecule has 1 saturated carbocycles. The third-order valence-corrected chi connectivity index (χ3v) is 10.4. The van der Waals surface area contributed by atoms with Crippen LogP contribution in [-0.2, 0) is 23.6 Å². The molecule has 4 N–H and O–H groups in total. The Hall–Kier alpha value is -3.40. The van der Waals surface area contributed by atoms with Gasteiger partial charge in [0, 0.05) is 25.3 Å². The number of alkyl halides is 3. The third-order valence-electron chi connectivity index (χ3n) is 7.71. The molecule has 0 spiro atoms. The number of ketones is 1. The average Bonchev–Trinajstić information content (AvgIpc) is 3.59. The number of fused-ring (bicyclic) bond motifs is 2. The second-order valence-corrected chi connectivity index (χ2v) is 13.4. The van der Waals surface area contributed by atoms with Crippen molar-refractivity contribution in [1.82, 2.24) is 24.1 Å². The number of carbonyl (C=O) groups is 1. The zero-order chi connectivity index (χ0) is 31.3. The standard InChI is InChI=1S/C28H31F4N7O2S2/c1-16(2)39(43(41)24(33)15-37(3)34)21-7-4-18-10-22-17(13-36-38(22)20-8-5-19(29)6-9-20)11-27(18,12-21)25(40)26-35-14-23(42-26)28(30,31)32/h5-6,8-10,13-16,21H,4,7,11-12,33-34H2,1-3H3/b24-15+. The number of thiazole rings is 1. The Bertz CT molecular complexity index is 1610. The molecule has 3 atom stereocenters. The number of halogens is 4. The minimum absolute atomic E-state index is 0.0293. The number of hydrogen-bond acceptors (Lipinski definition) is 8. The van der Waals surface area contributed by atoms with Crippen molar-refractivity contribution in [3.63, 3.8) is 0 Å². The minimum Gasteiger partial charge on any atom is -0.389 e. The number of rotatable bonds is 8. The van der Waals surface area contributed by atoms with Crippen LogP contribution >= 0.6 is 11.3 Å². The van der Waals surface area contributed by atoms with Crippen LogP contribution in [0.5, 0.6) is 0 Å². The topological polar surface area (TPSA) is 123 Å². The van der Waals surface area contributed by atoms with Gasteiger partial charge in [0.05, 0.1) is 29.2 Å². The second-order valence-electron chi connectivity index (χ2n) is 11.0. The normalized spacial score (nSPS) is 21.4. The quantitative estimate of drug-likeness (QED) is 0.158. The molecule has 2 aliphatic rings. The van der Waals surface area contributed by atoms with Gasteiger partial charge in [-0.2, -0.15) is 18.3 Å². The summed E-state index contributed by atoms with van der Waals surface area (Å²) >= 11 is 0.319. The number of hydrazine groups is 1. The van der Waals surface area contributed by atoms with Gasteiger partial charge in [-0.1, -0.05) is 5.57 Å². The van der Waals surface area contributed by atoms with Crippen molar-refractivity contribution in [1.29, 1.82) is 0 Å². The highest BCUT2D eigenvalue weighted by Gasteiger charge is 2.52. The molecule has 0 radical (unpaired) electrons. The number of nitrogens with zero attached hydrogens (tertiary/aromatic N) is 5. The summed E-state index contributed by atoms with van der Waals surface area (Å²) in [6.07, 6.45) is 2.12. The zero-order valence-electron chi connectivity index (χ0n) is 23.6. The Morgan fingerprint density at radius 1 is 1.26 bits per heavy atom. The lowest BCUT2D eigenvalue weighted by Crippen LogP contribution is -2.51. The van der Waals surface area contributed by atoms with Gasteiger partial charge in [0.1, 0.15) is 26.7 Å². The van der Waals surface area contributed by atoms with Crippen molar-refractivity contribution in [2.45, 2.75) is 57.8 Å². The fourth-order valence-corrected chi connectivity index (χ4v) is 8.08. The number of carbonyl (C=O) groups excluding carboxylic acids is 1. The van der Waals surface area contributed by atoms with Crippen molar-refractivity contribution in [3.8, 4) is 5.69 Å². The van der Waals surface area contributed by atoms with Crippen LogP contribution in [0.25, 0.3) is 11.8 Å². The molecule has 3 unspecified atom stereocenters. The van der Waals surface area contributed by atoms with E-state index < -0.39 is 45.1 Å². The summed E-state index contributed by atoms with van der Waals surface area (Å²) in [5, 5.41) is 5.48. The van der Waals surface area contributed by atoms with Crippen molar-refractivity contribution in [2.24, 2.45) is 17.0 Å². The zero-order valence-corrected chi connectivity index (χ0v) is 25.3. The van der Waals surface area contributed by atoms with E-state index in [2.05, 4.69) is 10.1 Å². The predicted octanol–water partition coefficient (Wildman–Crippen LogP) is 4.79. The molecule has 1 fully saturated rings. The lowest BCUT2D eigenvalue weighted by atomic mass is 9.61. The van der Waals surface area contributed by atoms with Crippen molar-refractivity contribution in [2.75, 3.05) is 7.05 Å². The number of hydrogen-bond donors (Lipinski definition) is 2. The molecule has 2 heterocycles. The molecule has 43 heavy (non-hydrogen) atoms. The molecule has 2 aromatic heterocycles. The lowest BCUT2D eigenvalue weighted by Gasteiger charge is -2.47. The van der Waals surface area contributed by atoms with Gasteiger partial charge in [-0.25, -0.2) is 28.4 Å². The molecule has 5 rings (SSSR count). The molecule has 15 heteroatoms. The van der Waals surface area contributed by atoms with Crippen molar-refractivity contribution < 1.29 is 26.6 Å². The molecule has 9 nitrogen and oxygen atoms in total. The van der Waals surface area contributed by atoms with Crippen LogP contribution in [0.1, 0.15) is 59.0 Å². The monoisotopic (exact) mass is 637 g/mol. The lowest BCUT2D eigenvalue weighted by molar-refractivity contribution is -0.134. The van der Waals surface area contributed by atoms with E-state index in [9.17, 15) is 26.6 Å². The molecular weight excluding hydrogens is 606 g/mol. The summed E-state index contributed by atoms with van der Waals surface area (Å²) in [7, 11) is -0.258. The van der Waals surface area contributed by atoms with E-state index in [4.69, 9.17) is 11.6 Å². The van der Waals surface area contributed by atoms with Crippen LogP contribution in [0.2, 0.25) is 0 Å². The molecule has 0 amide bonds. The third kappa shape index (κ3) is 5.90. The van der Waals surface area contributed by atoms with Gasteiger partial charge >= 0.3 is 6.18 Å². The van der Waals surface area contributed by atoms with E-state index in [1.54, 1.807) is 34.4 Å². The van der Waals surface area contributed by atoms with Crippen LogP contribution in [-0.4, -0.2) is 53.2 Å². The molecule has 3 aromatic rings. The van der Waals surface area contributed by atoms with Crippen LogP contribution in [0.3, 0.4) is 0 Å². The second kappa shape index (κ2) is 11.6. The minimum atomic E-state index is -4.64. The van der Waals surface area contributed by atoms with Gasteiger partial charge in [0.25, 0.3) is 0 Å². The highest BCUT2D eigenvalue weighted by Crippen LogP contribution is 2.52. The summed E-state index contributed by atoms with van der Waals surface area (Å²) in [6, 6.07) is 5.16. The van der Waals surface area contributed by atoms with Gasteiger partial charge in [-0.3, -0.25) is 4.79 Å². The van der Waals surface area contributed by atoms with Crippen LogP contribution in [0.15, 0.2) is 53.5 Å². The van der Waals surface area contributed by atoms with E-state index in [1.165, 1.54) is 23.3 Å². The first kappa shape index (κ1) is 31.0. The van der Waals surface area contributed by atoms with E-state index >= 15 is 0 Å².